The topological polar surface area (TPSA) is 32.3 Å². The normalized spacial score (nSPS) is 22.4. The van der Waals surface area contributed by atoms with Crippen LogP contribution in [0.15, 0.2) is 42.5 Å². The number of carbonyl (C=O) groups is 1. The zero-order valence-corrected chi connectivity index (χ0v) is 17.2. The molecule has 142 valence electrons. The van der Waals surface area contributed by atoms with Gasteiger partial charge in [0.2, 0.25) is 5.91 Å². The van der Waals surface area contributed by atoms with E-state index in [-0.39, 0.29) is 17.7 Å². The van der Waals surface area contributed by atoms with Crippen molar-refractivity contribution in [1.82, 2.24) is 4.90 Å². The van der Waals surface area contributed by atoms with Crippen LogP contribution in [0.3, 0.4) is 0 Å². The summed E-state index contributed by atoms with van der Waals surface area (Å²) in [5.74, 6) is 2.79. The second kappa shape index (κ2) is 8.26. The quantitative estimate of drug-likeness (QED) is 0.771. The standard InChI is InChI=1S/C22H25ClN2OS/c1-15-6-7-16(14-25-8-10-27-11-9-25)12-21(15)24-22(26)19-13-18(19)17-4-2-3-5-20(17)23/h2-7,12,18-19H,8-11,13-14H2,1H3,(H,24,26). The molecular weight excluding hydrogens is 376 g/mol. The molecule has 0 bridgehead atoms. The summed E-state index contributed by atoms with van der Waals surface area (Å²) >= 11 is 8.31. The van der Waals surface area contributed by atoms with Gasteiger partial charge < -0.3 is 5.32 Å². The SMILES string of the molecule is Cc1ccc(CN2CCSCC2)cc1NC(=O)C1CC1c1ccccc1Cl. The molecule has 1 amide bonds. The molecule has 0 radical (unpaired) electrons. The fraction of sp³-hybridized carbons (Fsp3) is 0.409. The molecule has 2 fully saturated rings. The van der Waals surface area contributed by atoms with E-state index in [1.165, 1.54) is 17.1 Å². The Hall–Kier alpha value is -1.49. The summed E-state index contributed by atoms with van der Waals surface area (Å²) in [4.78, 5) is 15.2. The molecule has 3 nitrogen and oxygen atoms in total. The highest BCUT2D eigenvalue weighted by atomic mass is 35.5. The first-order chi connectivity index (χ1) is 13.1. The van der Waals surface area contributed by atoms with E-state index < -0.39 is 0 Å². The number of nitrogens with one attached hydrogen (secondary N) is 1. The third kappa shape index (κ3) is 4.50. The van der Waals surface area contributed by atoms with Crippen molar-refractivity contribution in [3.05, 3.63) is 64.2 Å². The van der Waals surface area contributed by atoms with Crippen molar-refractivity contribution in [2.45, 2.75) is 25.8 Å². The second-order valence-electron chi connectivity index (χ2n) is 7.50. The third-order valence-electron chi connectivity index (χ3n) is 5.50. The van der Waals surface area contributed by atoms with Gasteiger partial charge in [-0.2, -0.15) is 11.8 Å². The Balaban J connectivity index is 1.41. The Labute approximate surface area is 170 Å². The summed E-state index contributed by atoms with van der Waals surface area (Å²) in [7, 11) is 0. The predicted octanol–water partition coefficient (Wildman–Crippen LogP) is 4.94. The molecule has 2 unspecified atom stereocenters. The number of rotatable bonds is 5. The molecule has 1 aliphatic heterocycles. The lowest BCUT2D eigenvalue weighted by atomic mass is 10.1. The van der Waals surface area contributed by atoms with Gasteiger partial charge in [0, 0.05) is 47.8 Å². The lowest BCUT2D eigenvalue weighted by Crippen LogP contribution is -2.32. The van der Waals surface area contributed by atoms with E-state index in [1.807, 2.05) is 36.0 Å². The van der Waals surface area contributed by atoms with Gasteiger partial charge in [0.25, 0.3) is 0 Å². The molecule has 2 aliphatic rings. The monoisotopic (exact) mass is 400 g/mol. The highest BCUT2D eigenvalue weighted by molar-refractivity contribution is 7.99. The number of hydrogen-bond donors (Lipinski definition) is 1. The number of anilines is 1. The zero-order chi connectivity index (χ0) is 18.8. The van der Waals surface area contributed by atoms with E-state index in [0.717, 1.165) is 47.9 Å². The Morgan fingerprint density at radius 1 is 1.22 bits per heavy atom. The van der Waals surface area contributed by atoms with Gasteiger partial charge in [0.05, 0.1) is 0 Å². The molecule has 2 atom stereocenters. The summed E-state index contributed by atoms with van der Waals surface area (Å²) < 4.78 is 0. The maximum absolute atomic E-state index is 12.8. The van der Waals surface area contributed by atoms with E-state index in [4.69, 9.17) is 11.6 Å². The number of aryl methyl sites for hydroxylation is 1. The molecule has 2 aromatic rings. The molecule has 0 aromatic heterocycles. The molecule has 1 saturated carbocycles. The average Bonchev–Trinajstić information content (AvgIpc) is 3.46. The van der Waals surface area contributed by atoms with Crippen LogP contribution in [0, 0.1) is 12.8 Å². The van der Waals surface area contributed by atoms with Crippen LogP contribution in [0.25, 0.3) is 0 Å². The number of carbonyl (C=O) groups excluding carboxylic acids is 1. The number of amides is 1. The molecule has 1 saturated heterocycles. The van der Waals surface area contributed by atoms with Crippen LogP contribution in [0.1, 0.15) is 29.0 Å². The summed E-state index contributed by atoms with van der Waals surface area (Å²) in [6.45, 7) is 5.29. The number of hydrogen-bond acceptors (Lipinski definition) is 3. The van der Waals surface area contributed by atoms with Crippen molar-refractivity contribution in [3.8, 4) is 0 Å². The summed E-state index contributed by atoms with van der Waals surface area (Å²) in [5, 5.41) is 3.92. The molecule has 1 aliphatic carbocycles. The van der Waals surface area contributed by atoms with Crippen molar-refractivity contribution in [2.24, 2.45) is 5.92 Å². The highest BCUT2D eigenvalue weighted by Gasteiger charge is 2.44. The van der Waals surface area contributed by atoms with Gasteiger partial charge in [-0.15, -0.1) is 0 Å². The first-order valence-electron chi connectivity index (χ1n) is 9.57. The van der Waals surface area contributed by atoms with Crippen molar-refractivity contribution in [3.63, 3.8) is 0 Å². The van der Waals surface area contributed by atoms with Crippen LogP contribution in [-0.2, 0) is 11.3 Å². The van der Waals surface area contributed by atoms with Gasteiger partial charge in [-0.3, -0.25) is 9.69 Å². The van der Waals surface area contributed by atoms with Crippen LogP contribution in [0.2, 0.25) is 5.02 Å². The largest absolute Gasteiger partial charge is 0.326 e. The Bertz CT molecular complexity index is 835. The average molecular weight is 401 g/mol. The zero-order valence-electron chi connectivity index (χ0n) is 15.6. The summed E-state index contributed by atoms with van der Waals surface area (Å²) in [6, 6.07) is 14.3. The predicted molar refractivity (Wildman–Crippen MR) is 115 cm³/mol. The van der Waals surface area contributed by atoms with Crippen molar-refractivity contribution >= 4 is 35.0 Å². The van der Waals surface area contributed by atoms with E-state index >= 15 is 0 Å². The molecule has 2 aromatic carbocycles. The molecule has 1 N–H and O–H groups in total. The fourth-order valence-corrected chi connectivity index (χ4v) is 5.00. The second-order valence-corrected chi connectivity index (χ2v) is 9.13. The number of benzene rings is 2. The first kappa shape index (κ1) is 18.9. The van der Waals surface area contributed by atoms with Crippen LogP contribution in [0.5, 0.6) is 0 Å². The minimum absolute atomic E-state index is 0.0204. The summed E-state index contributed by atoms with van der Waals surface area (Å²) in [6.07, 6.45) is 0.875. The Morgan fingerprint density at radius 3 is 2.78 bits per heavy atom. The van der Waals surface area contributed by atoms with Crippen LogP contribution in [-0.4, -0.2) is 35.4 Å². The minimum atomic E-state index is 0.0204. The lowest BCUT2D eigenvalue weighted by molar-refractivity contribution is -0.117. The Morgan fingerprint density at radius 2 is 2.00 bits per heavy atom. The number of halogens is 1. The van der Waals surface area contributed by atoms with E-state index in [0.29, 0.717) is 0 Å². The van der Waals surface area contributed by atoms with E-state index in [1.54, 1.807) is 0 Å². The van der Waals surface area contributed by atoms with E-state index in [2.05, 4.69) is 35.3 Å². The first-order valence-corrected chi connectivity index (χ1v) is 11.1. The van der Waals surface area contributed by atoms with Gasteiger partial charge in [0.1, 0.15) is 0 Å². The van der Waals surface area contributed by atoms with Gasteiger partial charge in [-0.1, -0.05) is 41.9 Å². The van der Waals surface area contributed by atoms with Crippen LogP contribution >= 0.6 is 23.4 Å². The molecule has 27 heavy (non-hydrogen) atoms. The molecule has 4 rings (SSSR count). The number of nitrogens with zero attached hydrogens (tertiary/aromatic N) is 1. The number of thioether (sulfide) groups is 1. The molecule has 5 heteroatoms. The lowest BCUT2D eigenvalue weighted by Gasteiger charge is -2.26. The smallest absolute Gasteiger partial charge is 0.228 e. The van der Waals surface area contributed by atoms with Crippen molar-refractivity contribution in [1.29, 1.82) is 0 Å². The fourth-order valence-electron chi connectivity index (χ4n) is 3.75. The highest BCUT2D eigenvalue weighted by Crippen LogP contribution is 2.50. The van der Waals surface area contributed by atoms with E-state index in [9.17, 15) is 4.79 Å². The van der Waals surface area contributed by atoms with Gasteiger partial charge in [-0.25, -0.2) is 0 Å². The van der Waals surface area contributed by atoms with Gasteiger partial charge >= 0.3 is 0 Å². The van der Waals surface area contributed by atoms with Gasteiger partial charge in [-0.05, 0) is 48.1 Å². The van der Waals surface area contributed by atoms with Crippen LogP contribution in [0.4, 0.5) is 5.69 Å². The molecular formula is C22H25ClN2OS. The minimum Gasteiger partial charge on any atom is -0.326 e. The Kier molecular flexibility index (Phi) is 5.76. The maximum atomic E-state index is 12.8. The van der Waals surface area contributed by atoms with Gasteiger partial charge in [0.15, 0.2) is 0 Å². The summed E-state index contributed by atoms with van der Waals surface area (Å²) in [5.41, 5.74) is 4.40. The van der Waals surface area contributed by atoms with Crippen LogP contribution < -0.4 is 5.32 Å². The maximum Gasteiger partial charge on any atom is 0.228 e. The third-order valence-corrected chi connectivity index (χ3v) is 6.79. The molecule has 0 spiro atoms. The van der Waals surface area contributed by atoms with Crippen molar-refractivity contribution < 1.29 is 4.79 Å². The van der Waals surface area contributed by atoms with Crippen molar-refractivity contribution in [2.75, 3.05) is 29.9 Å². The molecule has 1 heterocycles.